The van der Waals surface area contributed by atoms with E-state index in [4.69, 9.17) is 4.74 Å². The minimum absolute atomic E-state index is 0.236. The molecule has 160 valence electrons. The van der Waals surface area contributed by atoms with Gasteiger partial charge in [0.1, 0.15) is 0 Å². The van der Waals surface area contributed by atoms with Gasteiger partial charge in [-0.05, 0) is 68.4 Å². The minimum Gasteiger partial charge on any atom is -0.462 e. The standard InChI is InChI=1S/C26H23N3O3/c1-3-32-26(31)21-9-13-22(14-10-21)27-25(30)20-11-15-23(16-12-20)29-24(17-18(2)28-29)19-7-5-4-6-8-19/h4-17H,3H2,1-2H3,(H,27,30). The number of hydrogen-bond donors (Lipinski definition) is 1. The third-order valence-electron chi connectivity index (χ3n) is 4.93. The summed E-state index contributed by atoms with van der Waals surface area (Å²) in [5, 5.41) is 7.46. The molecule has 32 heavy (non-hydrogen) atoms. The molecule has 6 nitrogen and oxygen atoms in total. The summed E-state index contributed by atoms with van der Waals surface area (Å²) in [7, 11) is 0. The van der Waals surface area contributed by atoms with Crippen LogP contribution in [-0.2, 0) is 4.74 Å². The van der Waals surface area contributed by atoms with Gasteiger partial charge in [-0.1, -0.05) is 30.3 Å². The number of esters is 1. The average molecular weight is 425 g/mol. The summed E-state index contributed by atoms with van der Waals surface area (Å²) < 4.78 is 6.85. The molecule has 0 fully saturated rings. The minimum atomic E-state index is -0.385. The van der Waals surface area contributed by atoms with Gasteiger partial charge >= 0.3 is 5.97 Å². The van der Waals surface area contributed by atoms with Gasteiger partial charge in [-0.15, -0.1) is 0 Å². The van der Waals surface area contributed by atoms with Crippen LogP contribution >= 0.6 is 0 Å². The largest absolute Gasteiger partial charge is 0.462 e. The number of nitrogens with one attached hydrogen (secondary N) is 1. The smallest absolute Gasteiger partial charge is 0.338 e. The Kier molecular flexibility index (Phi) is 6.12. The predicted molar refractivity (Wildman–Crippen MR) is 124 cm³/mol. The Morgan fingerprint density at radius 3 is 2.22 bits per heavy atom. The molecule has 0 saturated heterocycles. The first-order valence-electron chi connectivity index (χ1n) is 10.4. The fraction of sp³-hybridized carbons (Fsp3) is 0.115. The zero-order valence-corrected chi connectivity index (χ0v) is 17.9. The van der Waals surface area contributed by atoms with E-state index in [1.165, 1.54) is 0 Å². The van der Waals surface area contributed by atoms with Crippen molar-refractivity contribution in [2.75, 3.05) is 11.9 Å². The fourth-order valence-corrected chi connectivity index (χ4v) is 3.37. The van der Waals surface area contributed by atoms with Gasteiger partial charge in [0.15, 0.2) is 0 Å². The second kappa shape index (κ2) is 9.31. The molecule has 1 amide bonds. The highest BCUT2D eigenvalue weighted by molar-refractivity contribution is 6.04. The van der Waals surface area contributed by atoms with Crippen molar-refractivity contribution < 1.29 is 14.3 Å². The number of aromatic nitrogens is 2. The van der Waals surface area contributed by atoms with Crippen molar-refractivity contribution in [3.05, 3.63) is 102 Å². The molecule has 6 heteroatoms. The van der Waals surface area contributed by atoms with Gasteiger partial charge in [0.05, 0.1) is 29.2 Å². The van der Waals surface area contributed by atoms with Crippen LogP contribution in [0.1, 0.15) is 33.3 Å². The maximum Gasteiger partial charge on any atom is 0.338 e. The van der Waals surface area contributed by atoms with Crippen molar-refractivity contribution in [2.45, 2.75) is 13.8 Å². The van der Waals surface area contributed by atoms with Crippen LogP contribution < -0.4 is 5.32 Å². The fourth-order valence-electron chi connectivity index (χ4n) is 3.37. The molecule has 4 aromatic rings. The van der Waals surface area contributed by atoms with Crippen LogP contribution in [0.4, 0.5) is 5.69 Å². The van der Waals surface area contributed by atoms with E-state index in [0.717, 1.165) is 22.6 Å². The van der Waals surface area contributed by atoms with Crippen molar-refractivity contribution in [2.24, 2.45) is 0 Å². The number of ether oxygens (including phenoxy) is 1. The lowest BCUT2D eigenvalue weighted by atomic mass is 10.1. The van der Waals surface area contributed by atoms with Crippen LogP contribution in [-0.4, -0.2) is 28.3 Å². The third-order valence-corrected chi connectivity index (χ3v) is 4.93. The maximum absolute atomic E-state index is 12.7. The van der Waals surface area contributed by atoms with Gasteiger partial charge in [-0.25, -0.2) is 9.48 Å². The number of anilines is 1. The molecule has 4 rings (SSSR count). The number of aryl methyl sites for hydroxylation is 1. The van der Waals surface area contributed by atoms with Gasteiger partial charge < -0.3 is 10.1 Å². The number of hydrogen-bond acceptors (Lipinski definition) is 4. The van der Waals surface area contributed by atoms with Crippen LogP contribution in [0.25, 0.3) is 16.9 Å². The highest BCUT2D eigenvalue weighted by Crippen LogP contribution is 2.24. The molecule has 0 bridgehead atoms. The summed E-state index contributed by atoms with van der Waals surface area (Å²) in [6, 6.07) is 26.0. The SMILES string of the molecule is CCOC(=O)c1ccc(NC(=O)c2ccc(-n3nc(C)cc3-c3ccccc3)cc2)cc1. The Labute approximate surface area is 186 Å². The second-order valence-corrected chi connectivity index (χ2v) is 7.25. The molecule has 0 atom stereocenters. The topological polar surface area (TPSA) is 73.2 Å². The summed E-state index contributed by atoms with van der Waals surface area (Å²) in [5.41, 5.74) is 5.40. The van der Waals surface area contributed by atoms with Crippen molar-refractivity contribution in [3.8, 4) is 16.9 Å². The maximum atomic E-state index is 12.7. The van der Waals surface area contributed by atoms with Crippen molar-refractivity contribution in [3.63, 3.8) is 0 Å². The van der Waals surface area contributed by atoms with E-state index in [1.807, 2.05) is 60.1 Å². The van der Waals surface area contributed by atoms with Gasteiger partial charge in [-0.2, -0.15) is 5.10 Å². The molecule has 0 spiro atoms. The van der Waals surface area contributed by atoms with Crippen molar-refractivity contribution in [1.29, 1.82) is 0 Å². The number of amides is 1. The van der Waals surface area contributed by atoms with E-state index in [1.54, 1.807) is 43.3 Å². The lowest BCUT2D eigenvalue weighted by molar-refractivity contribution is 0.0526. The van der Waals surface area contributed by atoms with E-state index in [-0.39, 0.29) is 11.9 Å². The monoisotopic (exact) mass is 425 g/mol. The second-order valence-electron chi connectivity index (χ2n) is 7.25. The van der Waals surface area contributed by atoms with E-state index in [2.05, 4.69) is 10.4 Å². The highest BCUT2D eigenvalue weighted by Gasteiger charge is 2.12. The molecule has 3 aromatic carbocycles. The van der Waals surface area contributed by atoms with E-state index >= 15 is 0 Å². The molecule has 1 heterocycles. The highest BCUT2D eigenvalue weighted by atomic mass is 16.5. The molecule has 0 saturated carbocycles. The zero-order chi connectivity index (χ0) is 22.5. The van der Waals surface area contributed by atoms with Crippen LogP contribution in [0.15, 0.2) is 84.9 Å². The molecular formula is C26H23N3O3. The van der Waals surface area contributed by atoms with Crippen LogP contribution in [0, 0.1) is 6.92 Å². The Morgan fingerprint density at radius 1 is 0.906 bits per heavy atom. The Balaban J connectivity index is 1.50. The summed E-state index contributed by atoms with van der Waals surface area (Å²) in [4.78, 5) is 24.4. The average Bonchev–Trinajstić information content (AvgIpc) is 3.22. The Bertz CT molecular complexity index is 1230. The Morgan fingerprint density at radius 2 is 1.56 bits per heavy atom. The molecule has 0 aliphatic rings. The van der Waals surface area contributed by atoms with E-state index in [0.29, 0.717) is 23.4 Å². The van der Waals surface area contributed by atoms with Crippen molar-refractivity contribution >= 4 is 17.6 Å². The molecular weight excluding hydrogens is 402 g/mol. The number of carbonyl (C=O) groups excluding carboxylic acids is 2. The summed E-state index contributed by atoms with van der Waals surface area (Å²) >= 11 is 0. The molecule has 1 N–H and O–H groups in total. The zero-order valence-electron chi connectivity index (χ0n) is 17.9. The number of rotatable bonds is 6. The first-order valence-corrected chi connectivity index (χ1v) is 10.4. The summed E-state index contributed by atoms with van der Waals surface area (Å²) in [6.45, 7) is 4.03. The van der Waals surface area contributed by atoms with Gasteiger partial charge in [-0.3, -0.25) is 4.79 Å². The first kappa shape index (κ1) is 21.1. The van der Waals surface area contributed by atoms with Gasteiger partial charge in [0.25, 0.3) is 5.91 Å². The lowest BCUT2D eigenvalue weighted by Gasteiger charge is -2.10. The summed E-state index contributed by atoms with van der Waals surface area (Å²) in [6.07, 6.45) is 0. The van der Waals surface area contributed by atoms with E-state index in [9.17, 15) is 9.59 Å². The van der Waals surface area contributed by atoms with Gasteiger partial charge in [0.2, 0.25) is 0 Å². The van der Waals surface area contributed by atoms with Crippen LogP contribution in [0.5, 0.6) is 0 Å². The molecule has 0 radical (unpaired) electrons. The molecule has 0 aliphatic heterocycles. The first-order chi connectivity index (χ1) is 15.5. The molecule has 0 aliphatic carbocycles. The molecule has 0 unspecified atom stereocenters. The summed E-state index contributed by atoms with van der Waals surface area (Å²) in [5.74, 6) is -0.620. The number of nitrogens with zero attached hydrogens (tertiary/aromatic N) is 2. The normalized spacial score (nSPS) is 10.6. The number of carbonyl (C=O) groups is 2. The van der Waals surface area contributed by atoms with Crippen molar-refractivity contribution in [1.82, 2.24) is 9.78 Å². The molecule has 1 aromatic heterocycles. The quantitative estimate of drug-likeness (QED) is 0.427. The predicted octanol–water partition coefficient (Wildman–Crippen LogP) is 5.28. The Hall–Kier alpha value is -4.19. The van der Waals surface area contributed by atoms with E-state index < -0.39 is 0 Å². The van der Waals surface area contributed by atoms with Crippen LogP contribution in [0.3, 0.4) is 0 Å². The third kappa shape index (κ3) is 4.59. The van der Waals surface area contributed by atoms with Crippen LogP contribution in [0.2, 0.25) is 0 Å². The van der Waals surface area contributed by atoms with Gasteiger partial charge in [0, 0.05) is 16.8 Å². The number of benzene rings is 3. The lowest BCUT2D eigenvalue weighted by Crippen LogP contribution is -2.12.